The Labute approximate surface area is 102 Å². The lowest BCUT2D eigenvalue weighted by Crippen LogP contribution is -1.84. The molecule has 17 heavy (non-hydrogen) atoms. The fraction of sp³-hybridized carbons (Fsp3) is 0. The van der Waals surface area contributed by atoms with Gasteiger partial charge in [-0.25, -0.2) is 9.37 Å². The first-order chi connectivity index (χ1) is 8.25. The van der Waals surface area contributed by atoms with Gasteiger partial charge in [-0.15, -0.1) is 0 Å². The molecule has 2 aromatic heterocycles. The number of hydrogen-bond donors (Lipinski definition) is 1. The maximum absolute atomic E-state index is 12.9. The SMILES string of the molecule is Fc1ccc(-c2cnc3[nH]ccc3c2Cl)cc1. The molecule has 3 rings (SSSR count). The number of rotatable bonds is 1. The zero-order valence-electron chi connectivity index (χ0n) is 8.74. The van der Waals surface area contributed by atoms with Gasteiger partial charge in [0, 0.05) is 23.3 Å². The Morgan fingerprint density at radius 1 is 1.12 bits per heavy atom. The number of halogens is 2. The van der Waals surface area contributed by atoms with Crippen LogP contribution in [0.5, 0.6) is 0 Å². The fourth-order valence-electron chi connectivity index (χ4n) is 1.81. The van der Waals surface area contributed by atoms with Gasteiger partial charge in [0.15, 0.2) is 0 Å². The van der Waals surface area contributed by atoms with Crippen LogP contribution in [0.3, 0.4) is 0 Å². The number of benzene rings is 1. The van der Waals surface area contributed by atoms with Crippen molar-refractivity contribution in [3.63, 3.8) is 0 Å². The average molecular weight is 247 g/mol. The first kappa shape index (κ1) is 10.3. The molecule has 0 saturated heterocycles. The van der Waals surface area contributed by atoms with Gasteiger partial charge in [-0.3, -0.25) is 0 Å². The summed E-state index contributed by atoms with van der Waals surface area (Å²) in [5.74, 6) is -0.263. The predicted molar refractivity (Wildman–Crippen MR) is 66.5 cm³/mol. The monoisotopic (exact) mass is 246 g/mol. The summed E-state index contributed by atoms with van der Waals surface area (Å²) < 4.78 is 12.9. The molecule has 2 nitrogen and oxygen atoms in total. The highest BCUT2D eigenvalue weighted by molar-refractivity contribution is 6.37. The first-order valence-corrected chi connectivity index (χ1v) is 5.51. The van der Waals surface area contributed by atoms with Crippen LogP contribution in [-0.2, 0) is 0 Å². The molecule has 0 amide bonds. The number of aromatic nitrogens is 2. The number of fused-ring (bicyclic) bond motifs is 1. The summed E-state index contributed by atoms with van der Waals surface area (Å²) in [6.45, 7) is 0. The highest BCUT2D eigenvalue weighted by atomic mass is 35.5. The molecule has 0 aliphatic rings. The van der Waals surface area contributed by atoms with Gasteiger partial charge < -0.3 is 4.98 Å². The molecule has 84 valence electrons. The van der Waals surface area contributed by atoms with Crippen molar-refractivity contribution in [3.8, 4) is 11.1 Å². The highest BCUT2D eigenvalue weighted by Gasteiger charge is 2.09. The molecular formula is C13H8ClFN2. The van der Waals surface area contributed by atoms with E-state index in [1.54, 1.807) is 24.5 Å². The quantitative estimate of drug-likeness (QED) is 0.690. The summed E-state index contributed by atoms with van der Waals surface area (Å²) >= 11 is 6.30. The summed E-state index contributed by atoms with van der Waals surface area (Å²) in [4.78, 5) is 7.26. The lowest BCUT2D eigenvalue weighted by Gasteiger charge is -2.04. The zero-order valence-corrected chi connectivity index (χ0v) is 9.50. The van der Waals surface area contributed by atoms with Crippen molar-refractivity contribution in [1.29, 1.82) is 0 Å². The second kappa shape index (κ2) is 3.86. The molecule has 4 heteroatoms. The van der Waals surface area contributed by atoms with E-state index in [1.165, 1.54) is 12.1 Å². The lowest BCUT2D eigenvalue weighted by atomic mass is 10.1. The van der Waals surface area contributed by atoms with Crippen molar-refractivity contribution < 1.29 is 4.39 Å². The molecule has 3 aromatic rings. The standard InChI is InChI=1S/C13H8ClFN2/c14-12-10-5-6-16-13(10)17-7-11(12)8-1-3-9(15)4-2-8/h1-7H,(H,16,17). The van der Waals surface area contributed by atoms with Crippen molar-refractivity contribution in [3.05, 3.63) is 53.6 Å². The van der Waals surface area contributed by atoms with E-state index in [1.807, 2.05) is 6.07 Å². The minimum Gasteiger partial charge on any atom is -0.346 e. The van der Waals surface area contributed by atoms with Gasteiger partial charge in [-0.05, 0) is 23.8 Å². The molecule has 0 spiro atoms. The van der Waals surface area contributed by atoms with E-state index in [4.69, 9.17) is 11.6 Å². The predicted octanol–water partition coefficient (Wildman–Crippen LogP) is 4.02. The number of nitrogens with zero attached hydrogens (tertiary/aromatic N) is 1. The Bertz CT molecular complexity index is 673. The van der Waals surface area contributed by atoms with E-state index in [2.05, 4.69) is 9.97 Å². The number of hydrogen-bond acceptors (Lipinski definition) is 1. The molecule has 0 aliphatic heterocycles. The highest BCUT2D eigenvalue weighted by Crippen LogP contribution is 2.32. The fourth-order valence-corrected chi connectivity index (χ4v) is 2.12. The number of pyridine rings is 1. The van der Waals surface area contributed by atoms with E-state index in [-0.39, 0.29) is 5.82 Å². The maximum Gasteiger partial charge on any atom is 0.138 e. The summed E-state index contributed by atoms with van der Waals surface area (Å²) in [5.41, 5.74) is 2.41. The van der Waals surface area contributed by atoms with Gasteiger partial charge >= 0.3 is 0 Å². The second-order valence-electron chi connectivity index (χ2n) is 3.73. The molecule has 0 atom stereocenters. The minimum atomic E-state index is -0.263. The van der Waals surface area contributed by atoms with Crippen molar-refractivity contribution in [2.45, 2.75) is 0 Å². The molecule has 0 saturated carbocycles. The van der Waals surface area contributed by atoms with Crippen LogP contribution in [-0.4, -0.2) is 9.97 Å². The number of nitrogens with one attached hydrogen (secondary N) is 1. The summed E-state index contributed by atoms with van der Waals surface area (Å²) in [7, 11) is 0. The van der Waals surface area contributed by atoms with E-state index in [9.17, 15) is 4.39 Å². The van der Waals surface area contributed by atoms with Gasteiger partial charge in [0.25, 0.3) is 0 Å². The summed E-state index contributed by atoms with van der Waals surface area (Å²) in [6, 6.07) is 8.07. The van der Waals surface area contributed by atoms with Crippen molar-refractivity contribution in [2.24, 2.45) is 0 Å². The Morgan fingerprint density at radius 3 is 2.65 bits per heavy atom. The third-order valence-electron chi connectivity index (χ3n) is 2.68. The van der Waals surface area contributed by atoms with Gasteiger partial charge in [0.05, 0.1) is 5.02 Å². The average Bonchev–Trinajstić information content (AvgIpc) is 2.80. The van der Waals surface area contributed by atoms with Crippen molar-refractivity contribution in [2.75, 3.05) is 0 Å². The summed E-state index contributed by atoms with van der Waals surface area (Å²) in [6.07, 6.45) is 3.48. The Kier molecular flexibility index (Phi) is 2.34. The molecular weight excluding hydrogens is 239 g/mol. The van der Waals surface area contributed by atoms with Crippen molar-refractivity contribution >= 4 is 22.6 Å². The normalized spacial score (nSPS) is 10.9. The zero-order chi connectivity index (χ0) is 11.8. The molecule has 0 bridgehead atoms. The smallest absolute Gasteiger partial charge is 0.138 e. The van der Waals surface area contributed by atoms with Crippen LogP contribution in [0.2, 0.25) is 5.02 Å². The van der Waals surface area contributed by atoms with Gasteiger partial charge in [0.1, 0.15) is 11.5 Å². The Hall–Kier alpha value is -1.87. The van der Waals surface area contributed by atoms with Crippen LogP contribution in [0.1, 0.15) is 0 Å². The molecule has 1 N–H and O–H groups in total. The molecule has 0 radical (unpaired) electrons. The molecule has 2 heterocycles. The van der Waals surface area contributed by atoms with Gasteiger partial charge in [-0.1, -0.05) is 23.7 Å². The Balaban J connectivity index is 2.23. The first-order valence-electron chi connectivity index (χ1n) is 5.13. The lowest BCUT2D eigenvalue weighted by molar-refractivity contribution is 0.628. The van der Waals surface area contributed by atoms with Crippen LogP contribution in [0, 0.1) is 5.82 Å². The van der Waals surface area contributed by atoms with Gasteiger partial charge in [-0.2, -0.15) is 0 Å². The van der Waals surface area contributed by atoms with E-state index >= 15 is 0 Å². The van der Waals surface area contributed by atoms with E-state index in [0.717, 1.165) is 22.2 Å². The second-order valence-corrected chi connectivity index (χ2v) is 4.11. The largest absolute Gasteiger partial charge is 0.346 e. The number of aromatic amines is 1. The maximum atomic E-state index is 12.9. The molecule has 0 fully saturated rings. The van der Waals surface area contributed by atoms with Crippen LogP contribution in [0.4, 0.5) is 4.39 Å². The minimum absolute atomic E-state index is 0.263. The van der Waals surface area contributed by atoms with Crippen molar-refractivity contribution in [1.82, 2.24) is 9.97 Å². The molecule has 1 aromatic carbocycles. The van der Waals surface area contributed by atoms with Crippen LogP contribution in [0.25, 0.3) is 22.2 Å². The van der Waals surface area contributed by atoms with E-state index < -0.39 is 0 Å². The van der Waals surface area contributed by atoms with Gasteiger partial charge in [0.2, 0.25) is 0 Å². The molecule has 0 aliphatic carbocycles. The third kappa shape index (κ3) is 1.68. The summed E-state index contributed by atoms with van der Waals surface area (Å²) in [5, 5.41) is 1.50. The van der Waals surface area contributed by atoms with Crippen LogP contribution in [0.15, 0.2) is 42.7 Å². The number of H-pyrrole nitrogens is 1. The van der Waals surface area contributed by atoms with Crippen LogP contribution < -0.4 is 0 Å². The van der Waals surface area contributed by atoms with Crippen LogP contribution >= 0.6 is 11.6 Å². The van der Waals surface area contributed by atoms with E-state index in [0.29, 0.717) is 5.02 Å². The molecule has 0 unspecified atom stereocenters. The Morgan fingerprint density at radius 2 is 1.88 bits per heavy atom. The topological polar surface area (TPSA) is 28.7 Å². The third-order valence-corrected chi connectivity index (χ3v) is 3.08.